The van der Waals surface area contributed by atoms with Crippen LogP contribution < -0.4 is 5.32 Å². The highest BCUT2D eigenvalue weighted by atomic mass is 32.1. The fourth-order valence-corrected chi connectivity index (χ4v) is 2.09. The van der Waals surface area contributed by atoms with E-state index >= 15 is 0 Å². The van der Waals surface area contributed by atoms with Gasteiger partial charge in [0, 0.05) is 17.3 Å². The summed E-state index contributed by atoms with van der Waals surface area (Å²) in [5.74, 6) is -1.59. The Kier molecular flexibility index (Phi) is 4.84. The average molecular weight is 270 g/mol. The van der Waals surface area contributed by atoms with Crippen LogP contribution in [0.15, 0.2) is 5.38 Å². The van der Waals surface area contributed by atoms with Gasteiger partial charge in [-0.3, -0.25) is 9.59 Å². The van der Waals surface area contributed by atoms with E-state index in [0.29, 0.717) is 5.69 Å². The summed E-state index contributed by atoms with van der Waals surface area (Å²) in [7, 11) is 0. The van der Waals surface area contributed by atoms with Gasteiger partial charge in [-0.05, 0) is 13.8 Å². The van der Waals surface area contributed by atoms with Crippen molar-refractivity contribution < 1.29 is 14.7 Å². The second-order valence-corrected chi connectivity index (χ2v) is 5.50. The Morgan fingerprint density at radius 2 is 1.94 bits per heavy atom. The maximum absolute atomic E-state index is 11.9. The van der Waals surface area contributed by atoms with Crippen molar-refractivity contribution in [2.24, 2.45) is 5.92 Å². The number of carbonyl (C=O) groups excluding carboxylic acids is 1. The van der Waals surface area contributed by atoms with E-state index in [2.05, 4.69) is 10.3 Å². The largest absolute Gasteiger partial charge is 0.481 e. The average Bonchev–Trinajstić information content (AvgIpc) is 2.76. The van der Waals surface area contributed by atoms with Crippen molar-refractivity contribution in [3.05, 3.63) is 16.1 Å². The van der Waals surface area contributed by atoms with E-state index < -0.39 is 17.9 Å². The van der Waals surface area contributed by atoms with Gasteiger partial charge in [-0.2, -0.15) is 0 Å². The molecule has 0 radical (unpaired) electrons. The van der Waals surface area contributed by atoms with Crippen molar-refractivity contribution in [2.75, 3.05) is 0 Å². The summed E-state index contributed by atoms with van der Waals surface area (Å²) >= 11 is 1.44. The number of thiazole rings is 1. The molecule has 1 aromatic heterocycles. The van der Waals surface area contributed by atoms with Crippen LogP contribution in [0.2, 0.25) is 0 Å². The number of amides is 1. The lowest BCUT2D eigenvalue weighted by molar-refractivity contribution is -0.141. The number of rotatable bonds is 5. The third-order valence-electron chi connectivity index (χ3n) is 2.75. The molecule has 100 valence electrons. The molecule has 0 spiro atoms. The van der Waals surface area contributed by atoms with Gasteiger partial charge in [0.2, 0.25) is 0 Å². The molecule has 2 unspecified atom stereocenters. The summed E-state index contributed by atoms with van der Waals surface area (Å²) in [5, 5.41) is 14.1. The lowest BCUT2D eigenvalue weighted by Crippen LogP contribution is -2.40. The Balaban J connectivity index is 2.67. The van der Waals surface area contributed by atoms with Crippen molar-refractivity contribution in [3.8, 4) is 0 Å². The minimum Gasteiger partial charge on any atom is -0.481 e. The lowest BCUT2D eigenvalue weighted by Gasteiger charge is -2.16. The second-order valence-electron chi connectivity index (χ2n) is 4.61. The van der Waals surface area contributed by atoms with E-state index in [1.807, 2.05) is 13.8 Å². The highest BCUT2D eigenvalue weighted by molar-refractivity contribution is 7.09. The predicted molar refractivity (Wildman–Crippen MR) is 69.9 cm³/mol. The van der Waals surface area contributed by atoms with E-state index in [0.717, 1.165) is 5.01 Å². The minimum absolute atomic E-state index is 0.284. The van der Waals surface area contributed by atoms with Crippen molar-refractivity contribution >= 4 is 23.2 Å². The van der Waals surface area contributed by atoms with Crippen LogP contribution in [0.25, 0.3) is 0 Å². The van der Waals surface area contributed by atoms with Crippen LogP contribution in [-0.4, -0.2) is 28.0 Å². The van der Waals surface area contributed by atoms with Crippen molar-refractivity contribution in [3.63, 3.8) is 0 Å². The minimum atomic E-state index is -0.927. The number of carbonyl (C=O) groups is 2. The number of aromatic nitrogens is 1. The van der Waals surface area contributed by atoms with Gasteiger partial charge in [-0.25, -0.2) is 4.98 Å². The summed E-state index contributed by atoms with van der Waals surface area (Å²) in [6, 6.07) is -0.431. The van der Waals surface area contributed by atoms with Crippen molar-refractivity contribution in [2.45, 2.75) is 39.7 Å². The van der Waals surface area contributed by atoms with Crippen LogP contribution >= 0.6 is 11.3 Å². The Bertz CT molecular complexity index is 442. The number of aliphatic carboxylic acids is 1. The summed E-state index contributed by atoms with van der Waals surface area (Å²) in [4.78, 5) is 26.9. The first-order valence-corrected chi connectivity index (χ1v) is 6.70. The van der Waals surface area contributed by atoms with Crippen LogP contribution in [0.1, 0.15) is 49.1 Å². The third-order valence-corrected chi connectivity index (χ3v) is 3.89. The van der Waals surface area contributed by atoms with Crippen LogP contribution in [0.5, 0.6) is 0 Å². The van der Waals surface area contributed by atoms with Gasteiger partial charge in [-0.1, -0.05) is 13.8 Å². The monoisotopic (exact) mass is 270 g/mol. The highest BCUT2D eigenvalue weighted by Crippen LogP contribution is 2.19. The zero-order valence-corrected chi connectivity index (χ0v) is 11.7. The number of carboxylic acids is 1. The molecule has 0 saturated heterocycles. The van der Waals surface area contributed by atoms with Crippen LogP contribution in [-0.2, 0) is 4.79 Å². The SMILES string of the molecule is CC(C)c1nc(C(=O)NC(C)C(C)C(=O)O)cs1. The molecule has 0 aromatic carbocycles. The molecule has 18 heavy (non-hydrogen) atoms. The summed E-state index contributed by atoms with van der Waals surface area (Å²) in [5.41, 5.74) is 0.355. The Labute approximate surface area is 110 Å². The Hall–Kier alpha value is -1.43. The molecule has 6 heteroatoms. The van der Waals surface area contributed by atoms with E-state index in [9.17, 15) is 9.59 Å². The normalized spacial score (nSPS) is 14.3. The van der Waals surface area contributed by atoms with E-state index in [-0.39, 0.29) is 11.8 Å². The second kappa shape index (κ2) is 5.95. The van der Waals surface area contributed by atoms with Crippen LogP contribution in [0.3, 0.4) is 0 Å². The molecule has 2 N–H and O–H groups in total. The fraction of sp³-hybridized carbons (Fsp3) is 0.583. The molecule has 0 aliphatic carbocycles. The molecular formula is C12H18N2O3S. The van der Waals surface area contributed by atoms with Gasteiger partial charge < -0.3 is 10.4 Å². The van der Waals surface area contributed by atoms with Crippen molar-refractivity contribution in [1.29, 1.82) is 0 Å². The molecule has 0 fully saturated rings. The first-order valence-electron chi connectivity index (χ1n) is 5.82. The first-order chi connectivity index (χ1) is 8.32. The summed E-state index contributed by atoms with van der Waals surface area (Å²) in [6.45, 7) is 7.26. The van der Waals surface area contributed by atoms with Gasteiger partial charge >= 0.3 is 5.97 Å². The topological polar surface area (TPSA) is 79.3 Å². The van der Waals surface area contributed by atoms with E-state index in [1.54, 1.807) is 19.2 Å². The molecule has 5 nitrogen and oxygen atoms in total. The predicted octanol–water partition coefficient (Wildman–Crippen LogP) is 2.11. The lowest BCUT2D eigenvalue weighted by atomic mass is 10.0. The van der Waals surface area contributed by atoms with Gasteiger partial charge in [0.25, 0.3) is 5.91 Å². The molecule has 0 bridgehead atoms. The number of nitrogens with one attached hydrogen (secondary N) is 1. The maximum atomic E-state index is 11.9. The summed E-state index contributed by atoms with van der Waals surface area (Å²) < 4.78 is 0. The zero-order valence-electron chi connectivity index (χ0n) is 10.9. The molecule has 2 atom stereocenters. The van der Waals surface area contributed by atoms with Gasteiger partial charge in [0.05, 0.1) is 10.9 Å². The number of hydrogen-bond acceptors (Lipinski definition) is 4. The summed E-state index contributed by atoms with van der Waals surface area (Å²) in [6.07, 6.45) is 0. The third kappa shape index (κ3) is 3.53. The van der Waals surface area contributed by atoms with E-state index in [4.69, 9.17) is 5.11 Å². The molecule has 0 aliphatic heterocycles. The van der Waals surface area contributed by atoms with Crippen LogP contribution in [0.4, 0.5) is 0 Å². The van der Waals surface area contributed by atoms with Crippen LogP contribution in [0, 0.1) is 5.92 Å². The van der Waals surface area contributed by atoms with E-state index in [1.165, 1.54) is 11.3 Å². The molecule has 1 aromatic rings. The Morgan fingerprint density at radius 1 is 1.33 bits per heavy atom. The fourth-order valence-electron chi connectivity index (χ4n) is 1.28. The quantitative estimate of drug-likeness (QED) is 0.858. The van der Waals surface area contributed by atoms with Gasteiger partial charge in [0.15, 0.2) is 0 Å². The van der Waals surface area contributed by atoms with Gasteiger partial charge in [0.1, 0.15) is 5.69 Å². The standard InChI is InChI=1S/C12H18N2O3S/c1-6(2)11-14-9(5-18-11)10(15)13-8(4)7(3)12(16)17/h5-8H,1-4H3,(H,13,15)(H,16,17). The smallest absolute Gasteiger partial charge is 0.308 e. The molecule has 1 amide bonds. The molecule has 1 heterocycles. The maximum Gasteiger partial charge on any atom is 0.308 e. The number of hydrogen-bond donors (Lipinski definition) is 2. The molecule has 1 rings (SSSR count). The number of nitrogens with zero attached hydrogens (tertiary/aromatic N) is 1. The van der Waals surface area contributed by atoms with Gasteiger partial charge in [-0.15, -0.1) is 11.3 Å². The molecule has 0 saturated carbocycles. The Morgan fingerprint density at radius 3 is 2.39 bits per heavy atom. The zero-order chi connectivity index (χ0) is 13.9. The number of carboxylic acid groups (broad SMARTS) is 1. The van der Waals surface area contributed by atoms with Crippen molar-refractivity contribution in [1.82, 2.24) is 10.3 Å². The molecule has 0 aliphatic rings. The molecular weight excluding hydrogens is 252 g/mol. The first kappa shape index (κ1) is 14.6. The highest BCUT2D eigenvalue weighted by Gasteiger charge is 2.22.